The average molecular weight is 475 g/mol. The Morgan fingerprint density at radius 2 is 1.94 bits per heavy atom. The second kappa shape index (κ2) is 9.91. The summed E-state index contributed by atoms with van der Waals surface area (Å²) in [6.07, 6.45) is 0. The van der Waals surface area contributed by atoms with Crippen LogP contribution in [0.3, 0.4) is 0 Å². The topological polar surface area (TPSA) is 79.3 Å². The zero-order chi connectivity index (χ0) is 23.5. The fraction of sp³-hybridized carbons (Fsp3) is 0.333. The first-order chi connectivity index (χ1) is 15.9. The van der Waals surface area contributed by atoms with Crippen molar-refractivity contribution >= 4 is 29.1 Å². The van der Waals surface area contributed by atoms with Crippen molar-refractivity contribution < 1.29 is 28.6 Å². The van der Waals surface area contributed by atoms with Crippen molar-refractivity contribution in [1.29, 1.82) is 0 Å². The largest absolute Gasteiger partial charge is 0.507 e. The Morgan fingerprint density at radius 3 is 2.61 bits per heavy atom. The Bertz CT molecular complexity index is 1100. The summed E-state index contributed by atoms with van der Waals surface area (Å²) in [6, 6.07) is 9.33. The quantitative estimate of drug-likeness (QED) is 0.393. The number of rotatable bonds is 6. The minimum absolute atomic E-state index is 0.103. The van der Waals surface area contributed by atoms with Gasteiger partial charge in [0.1, 0.15) is 17.3 Å². The zero-order valence-corrected chi connectivity index (χ0v) is 18.8. The van der Waals surface area contributed by atoms with Crippen molar-refractivity contribution in [3.8, 4) is 5.75 Å². The predicted molar refractivity (Wildman–Crippen MR) is 121 cm³/mol. The Labute approximate surface area is 195 Å². The lowest BCUT2D eigenvalue weighted by Gasteiger charge is -2.31. The second-order valence-electron chi connectivity index (χ2n) is 7.85. The van der Waals surface area contributed by atoms with Gasteiger partial charge in [-0.25, -0.2) is 4.39 Å². The molecule has 1 amide bonds. The molecule has 7 nitrogen and oxygen atoms in total. The maximum absolute atomic E-state index is 14.1. The van der Waals surface area contributed by atoms with Crippen LogP contribution in [0.15, 0.2) is 48.0 Å². The number of hydrogen-bond acceptors (Lipinski definition) is 6. The van der Waals surface area contributed by atoms with Gasteiger partial charge in [-0.1, -0.05) is 23.7 Å². The molecule has 2 aromatic rings. The van der Waals surface area contributed by atoms with E-state index in [0.29, 0.717) is 31.1 Å². The number of nitrogens with zero attached hydrogens (tertiary/aromatic N) is 2. The molecule has 2 aliphatic heterocycles. The van der Waals surface area contributed by atoms with E-state index in [2.05, 4.69) is 4.90 Å². The van der Waals surface area contributed by atoms with E-state index in [1.165, 1.54) is 36.3 Å². The predicted octanol–water partition coefficient (Wildman–Crippen LogP) is 3.24. The van der Waals surface area contributed by atoms with E-state index < -0.39 is 23.5 Å². The summed E-state index contributed by atoms with van der Waals surface area (Å²) in [7, 11) is 1.46. The van der Waals surface area contributed by atoms with Gasteiger partial charge in [0.2, 0.25) is 0 Å². The number of aliphatic hydroxyl groups excluding tert-OH is 1. The van der Waals surface area contributed by atoms with E-state index in [1.54, 1.807) is 18.2 Å². The monoisotopic (exact) mass is 474 g/mol. The molecule has 0 aliphatic carbocycles. The lowest BCUT2D eigenvalue weighted by atomic mass is 9.95. The number of carbonyl (C=O) groups excluding carboxylic acids is 2. The van der Waals surface area contributed by atoms with E-state index in [1.807, 2.05) is 0 Å². The molecule has 0 aromatic heterocycles. The number of morpholine rings is 1. The standard InChI is InChI=1S/C24H24ClFN2O5/c1-32-19-6-5-16(14-18(19)25)22(29)20-21(15-3-2-4-17(26)13-15)28(24(31)23(20)30)8-7-27-9-11-33-12-10-27/h2-6,13-14,21,29H,7-12H2,1H3/t21-/m1/s1. The van der Waals surface area contributed by atoms with E-state index in [9.17, 15) is 19.1 Å². The molecular formula is C24H24ClFN2O5. The summed E-state index contributed by atoms with van der Waals surface area (Å²) < 4.78 is 24.6. The van der Waals surface area contributed by atoms with Gasteiger partial charge in [-0.05, 0) is 35.9 Å². The first kappa shape index (κ1) is 23.2. The summed E-state index contributed by atoms with van der Waals surface area (Å²) in [5.41, 5.74) is 0.555. The summed E-state index contributed by atoms with van der Waals surface area (Å²) in [5.74, 6) is -2.03. The van der Waals surface area contributed by atoms with Gasteiger partial charge < -0.3 is 19.5 Å². The normalized spacial score (nSPS) is 20.9. The molecule has 0 spiro atoms. The molecule has 2 heterocycles. The number of aliphatic hydroxyl groups is 1. The van der Waals surface area contributed by atoms with Gasteiger partial charge in [-0.15, -0.1) is 0 Å². The molecule has 33 heavy (non-hydrogen) atoms. The second-order valence-corrected chi connectivity index (χ2v) is 8.26. The zero-order valence-electron chi connectivity index (χ0n) is 18.1. The van der Waals surface area contributed by atoms with Crippen LogP contribution in [0.2, 0.25) is 5.02 Å². The maximum atomic E-state index is 14.1. The van der Waals surface area contributed by atoms with Crippen LogP contribution in [-0.4, -0.2) is 73.1 Å². The number of benzene rings is 2. The number of amides is 1. The molecular weight excluding hydrogens is 451 g/mol. The van der Waals surface area contributed by atoms with Crippen molar-refractivity contribution in [2.24, 2.45) is 0 Å². The van der Waals surface area contributed by atoms with Gasteiger partial charge in [0.25, 0.3) is 11.7 Å². The molecule has 1 N–H and O–H groups in total. The Kier molecular flexibility index (Phi) is 6.97. The third-order valence-corrected chi connectivity index (χ3v) is 6.19. The van der Waals surface area contributed by atoms with Crippen molar-refractivity contribution in [3.63, 3.8) is 0 Å². The fourth-order valence-corrected chi connectivity index (χ4v) is 4.43. The van der Waals surface area contributed by atoms with Crippen LogP contribution in [0.1, 0.15) is 17.2 Å². The Hall–Kier alpha value is -2.94. The fourth-order valence-electron chi connectivity index (χ4n) is 4.18. The van der Waals surface area contributed by atoms with E-state index >= 15 is 0 Å². The molecule has 1 atom stereocenters. The summed E-state index contributed by atoms with van der Waals surface area (Å²) >= 11 is 6.20. The summed E-state index contributed by atoms with van der Waals surface area (Å²) in [6.45, 7) is 3.41. The molecule has 2 aromatic carbocycles. The molecule has 9 heteroatoms. The van der Waals surface area contributed by atoms with Gasteiger partial charge in [0.15, 0.2) is 0 Å². The van der Waals surface area contributed by atoms with Crippen LogP contribution >= 0.6 is 11.6 Å². The highest BCUT2D eigenvalue weighted by atomic mass is 35.5. The van der Waals surface area contributed by atoms with Gasteiger partial charge in [-0.2, -0.15) is 0 Å². The number of carbonyl (C=O) groups is 2. The van der Waals surface area contributed by atoms with Crippen molar-refractivity contribution in [2.45, 2.75) is 6.04 Å². The average Bonchev–Trinajstić information content (AvgIpc) is 3.07. The van der Waals surface area contributed by atoms with Crippen molar-refractivity contribution in [1.82, 2.24) is 9.80 Å². The minimum atomic E-state index is -0.928. The molecule has 0 bridgehead atoms. The molecule has 0 unspecified atom stereocenters. The number of halogens is 2. The number of ketones is 1. The third kappa shape index (κ3) is 4.73. The van der Waals surface area contributed by atoms with Crippen LogP contribution in [0.4, 0.5) is 4.39 Å². The molecule has 2 aliphatic rings. The summed E-state index contributed by atoms with van der Waals surface area (Å²) in [4.78, 5) is 29.6. The van der Waals surface area contributed by atoms with Crippen LogP contribution in [0.25, 0.3) is 5.76 Å². The molecule has 0 saturated carbocycles. The van der Waals surface area contributed by atoms with Gasteiger partial charge in [0.05, 0.1) is 37.0 Å². The minimum Gasteiger partial charge on any atom is -0.507 e. The number of hydrogen-bond donors (Lipinski definition) is 1. The molecule has 2 saturated heterocycles. The maximum Gasteiger partial charge on any atom is 0.295 e. The molecule has 4 rings (SSSR count). The van der Waals surface area contributed by atoms with E-state index in [-0.39, 0.29) is 28.5 Å². The summed E-state index contributed by atoms with van der Waals surface area (Å²) in [5, 5.41) is 11.3. The highest BCUT2D eigenvalue weighted by Gasteiger charge is 2.46. The number of ether oxygens (including phenoxy) is 2. The van der Waals surface area contributed by atoms with Crippen LogP contribution in [-0.2, 0) is 14.3 Å². The van der Waals surface area contributed by atoms with E-state index in [0.717, 1.165) is 13.1 Å². The number of Topliss-reactive ketones (excluding diaryl/α,β-unsaturated/α-hetero) is 1. The first-order valence-corrected chi connectivity index (χ1v) is 11.0. The highest BCUT2D eigenvalue weighted by molar-refractivity contribution is 6.46. The van der Waals surface area contributed by atoms with Crippen LogP contribution in [0, 0.1) is 5.82 Å². The number of methoxy groups -OCH3 is 1. The third-order valence-electron chi connectivity index (χ3n) is 5.89. The van der Waals surface area contributed by atoms with Crippen LogP contribution in [0.5, 0.6) is 5.75 Å². The lowest BCUT2D eigenvalue weighted by molar-refractivity contribution is -0.140. The van der Waals surface area contributed by atoms with Gasteiger partial charge in [-0.3, -0.25) is 14.5 Å². The SMILES string of the molecule is COc1ccc(C(O)=C2C(=O)C(=O)N(CCN3CCOCC3)[C@@H]2c2cccc(F)c2)cc1Cl. The van der Waals surface area contributed by atoms with Gasteiger partial charge >= 0.3 is 0 Å². The highest BCUT2D eigenvalue weighted by Crippen LogP contribution is 2.40. The van der Waals surface area contributed by atoms with Gasteiger partial charge in [0, 0.05) is 31.7 Å². The van der Waals surface area contributed by atoms with Crippen molar-refractivity contribution in [2.75, 3.05) is 46.5 Å². The first-order valence-electron chi connectivity index (χ1n) is 10.6. The number of likely N-dealkylation sites (tertiary alicyclic amines) is 1. The molecule has 2 fully saturated rings. The molecule has 174 valence electrons. The molecule has 0 radical (unpaired) electrons. The lowest BCUT2D eigenvalue weighted by Crippen LogP contribution is -2.42. The van der Waals surface area contributed by atoms with Crippen LogP contribution < -0.4 is 4.74 Å². The Morgan fingerprint density at radius 1 is 1.18 bits per heavy atom. The van der Waals surface area contributed by atoms with E-state index in [4.69, 9.17) is 21.1 Å². The van der Waals surface area contributed by atoms with Crippen molar-refractivity contribution in [3.05, 3.63) is 70.0 Å². The smallest absolute Gasteiger partial charge is 0.295 e. The Balaban J connectivity index is 1.75.